The molecular formula is C22H22ClN5O2S. The molecule has 1 aliphatic heterocycles. The molecule has 0 saturated carbocycles. The number of urea groups is 1. The Bertz CT molecular complexity index is 1090. The lowest BCUT2D eigenvalue weighted by molar-refractivity contribution is 0.102. The van der Waals surface area contributed by atoms with E-state index in [2.05, 4.69) is 20.8 Å². The average Bonchev–Trinajstić information content (AvgIpc) is 3.28. The third kappa shape index (κ3) is 5.21. The van der Waals surface area contributed by atoms with Crippen molar-refractivity contribution in [2.45, 2.75) is 25.7 Å². The highest BCUT2D eigenvalue weighted by atomic mass is 35.5. The van der Waals surface area contributed by atoms with Crippen LogP contribution in [-0.2, 0) is 0 Å². The van der Waals surface area contributed by atoms with Gasteiger partial charge in [-0.1, -0.05) is 47.2 Å². The number of amides is 3. The summed E-state index contributed by atoms with van der Waals surface area (Å²) < 4.78 is 0. The van der Waals surface area contributed by atoms with Gasteiger partial charge in [0.2, 0.25) is 5.01 Å². The van der Waals surface area contributed by atoms with Crippen LogP contribution in [0.25, 0.3) is 0 Å². The number of carbonyl (C=O) groups is 2. The van der Waals surface area contributed by atoms with E-state index in [1.165, 1.54) is 11.3 Å². The van der Waals surface area contributed by atoms with Crippen molar-refractivity contribution in [1.29, 1.82) is 0 Å². The van der Waals surface area contributed by atoms with E-state index in [9.17, 15) is 9.59 Å². The summed E-state index contributed by atoms with van der Waals surface area (Å²) in [6, 6.07) is 14.5. The Labute approximate surface area is 189 Å². The van der Waals surface area contributed by atoms with Crippen molar-refractivity contribution in [1.82, 2.24) is 15.1 Å². The topological polar surface area (TPSA) is 87.2 Å². The molecule has 1 aliphatic rings. The van der Waals surface area contributed by atoms with E-state index >= 15 is 0 Å². The summed E-state index contributed by atoms with van der Waals surface area (Å²) in [6.45, 7) is 3.12. The zero-order valence-electron chi connectivity index (χ0n) is 17.0. The number of halogens is 1. The summed E-state index contributed by atoms with van der Waals surface area (Å²) in [5.74, 6) is -0.229. The predicted octanol–water partition coefficient (Wildman–Crippen LogP) is 5.16. The number of aryl methyl sites for hydroxylation is 1. The third-order valence-corrected chi connectivity index (χ3v) is 6.49. The average molecular weight is 456 g/mol. The Balaban J connectivity index is 1.40. The predicted molar refractivity (Wildman–Crippen MR) is 123 cm³/mol. The van der Waals surface area contributed by atoms with Crippen LogP contribution >= 0.6 is 22.9 Å². The Hall–Kier alpha value is -2.97. The summed E-state index contributed by atoms with van der Waals surface area (Å²) in [7, 11) is 0. The van der Waals surface area contributed by atoms with E-state index in [4.69, 9.17) is 11.6 Å². The molecule has 1 aromatic heterocycles. The summed E-state index contributed by atoms with van der Waals surface area (Å²) in [4.78, 5) is 27.0. The van der Waals surface area contributed by atoms with E-state index < -0.39 is 0 Å². The molecule has 4 rings (SSSR count). The van der Waals surface area contributed by atoms with Gasteiger partial charge < -0.3 is 15.5 Å². The van der Waals surface area contributed by atoms with Gasteiger partial charge in [-0.05, 0) is 49.6 Å². The van der Waals surface area contributed by atoms with Gasteiger partial charge in [0.05, 0.1) is 0 Å². The molecule has 1 unspecified atom stereocenters. The first-order chi connectivity index (χ1) is 15.0. The molecule has 160 valence electrons. The summed E-state index contributed by atoms with van der Waals surface area (Å²) in [6.07, 6.45) is 1.76. The molecule has 3 aromatic rings. The Morgan fingerprint density at radius 3 is 2.74 bits per heavy atom. The van der Waals surface area contributed by atoms with Gasteiger partial charge in [-0.15, -0.1) is 10.2 Å². The van der Waals surface area contributed by atoms with Crippen LogP contribution in [0, 0.1) is 6.92 Å². The minimum atomic E-state index is -0.281. The number of rotatable bonds is 4. The first-order valence-electron chi connectivity index (χ1n) is 10.0. The number of anilines is 2. The molecule has 0 spiro atoms. The quantitative estimate of drug-likeness (QED) is 0.568. The van der Waals surface area contributed by atoms with Gasteiger partial charge in [0, 0.05) is 35.4 Å². The second kappa shape index (κ2) is 9.45. The fourth-order valence-corrected chi connectivity index (χ4v) is 4.52. The van der Waals surface area contributed by atoms with Crippen molar-refractivity contribution in [2.75, 3.05) is 23.7 Å². The number of carbonyl (C=O) groups excluding carboxylic acids is 2. The van der Waals surface area contributed by atoms with Crippen LogP contribution in [0.2, 0.25) is 5.02 Å². The number of benzene rings is 2. The second-order valence-electron chi connectivity index (χ2n) is 7.44. The second-order valence-corrected chi connectivity index (χ2v) is 8.89. The maximum absolute atomic E-state index is 12.8. The molecule has 0 bridgehead atoms. The van der Waals surface area contributed by atoms with Gasteiger partial charge in [-0.25, -0.2) is 4.79 Å². The van der Waals surface area contributed by atoms with E-state index in [1.807, 2.05) is 43.3 Å². The minimum Gasteiger partial charge on any atom is -0.324 e. The molecule has 9 heteroatoms. The normalized spacial score (nSPS) is 16.1. The van der Waals surface area contributed by atoms with Gasteiger partial charge in [0.15, 0.2) is 0 Å². The Kier molecular flexibility index (Phi) is 6.48. The van der Waals surface area contributed by atoms with Crippen LogP contribution in [0.4, 0.5) is 16.2 Å². The molecule has 2 N–H and O–H groups in total. The lowest BCUT2D eigenvalue weighted by Gasteiger charge is -2.31. The van der Waals surface area contributed by atoms with Gasteiger partial charge in [0.1, 0.15) is 5.01 Å². The third-order valence-electron chi connectivity index (χ3n) is 5.17. The van der Waals surface area contributed by atoms with Crippen molar-refractivity contribution >= 4 is 46.3 Å². The zero-order valence-corrected chi connectivity index (χ0v) is 18.5. The molecule has 2 aromatic carbocycles. The van der Waals surface area contributed by atoms with Crippen LogP contribution in [0.15, 0.2) is 48.5 Å². The number of aromatic nitrogens is 2. The molecule has 2 heterocycles. The van der Waals surface area contributed by atoms with Gasteiger partial charge >= 0.3 is 6.03 Å². The van der Waals surface area contributed by atoms with Crippen molar-refractivity contribution in [3.63, 3.8) is 0 Å². The van der Waals surface area contributed by atoms with Crippen LogP contribution in [0.1, 0.15) is 39.1 Å². The molecule has 1 atom stereocenters. The highest BCUT2D eigenvalue weighted by Crippen LogP contribution is 2.30. The smallest absolute Gasteiger partial charge is 0.321 e. The maximum Gasteiger partial charge on any atom is 0.321 e. The number of nitrogens with one attached hydrogen (secondary N) is 2. The summed E-state index contributed by atoms with van der Waals surface area (Å²) >= 11 is 7.34. The molecule has 3 amide bonds. The van der Waals surface area contributed by atoms with Crippen LogP contribution < -0.4 is 10.6 Å². The number of hydrogen-bond donors (Lipinski definition) is 2. The van der Waals surface area contributed by atoms with Gasteiger partial charge in [-0.3, -0.25) is 4.79 Å². The van der Waals surface area contributed by atoms with Gasteiger partial charge in [-0.2, -0.15) is 0 Å². The molecule has 0 aliphatic carbocycles. The Morgan fingerprint density at radius 1 is 1.13 bits per heavy atom. The standard InChI is InChI=1S/C22H22ClN5O2S/c1-14-9-10-16(23)12-18(14)25-22(30)28-11-5-6-15(13-28)20-26-27-21(31-20)19(29)24-17-7-3-2-4-8-17/h2-4,7-10,12,15H,5-6,11,13H2,1H3,(H,24,29)(H,25,30). The van der Waals surface area contributed by atoms with Crippen molar-refractivity contribution < 1.29 is 9.59 Å². The molecule has 0 radical (unpaired) electrons. The monoisotopic (exact) mass is 455 g/mol. The molecule has 1 fully saturated rings. The fraction of sp³-hybridized carbons (Fsp3) is 0.273. The molecule has 7 nitrogen and oxygen atoms in total. The highest BCUT2D eigenvalue weighted by Gasteiger charge is 2.28. The summed E-state index contributed by atoms with van der Waals surface area (Å²) in [5, 5.41) is 15.7. The fourth-order valence-electron chi connectivity index (χ4n) is 3.48. The number of hydrogen-bond acceptors (Lipinski definition) is 5. The maximum atomic E-state index is 12.8. The molecule has 1 saturated heterocycles. The van der Waals surface area contributed by atoms with E-state index in [1.54, 1.807) is 17.0 Å². The Morgan fingerprint density at radius 2 is 1.94 bits per heavy atom. The molecule has 31 heavy (non-hydrogen) atoms. The number of nitrogens with zero attached hydrogens (tertiary/aromatic N) is 3. The minimum absolute atomic E-state index is 0.0516. The lowest BCUT2D eigenvalue weighted by atomic mass is 9.99. The van der Waals surface area contributed by atoms with Gasteiger partial charge in [0.25, 0.3) is 5.91 Å². The molecular weight excluding hydrogens is 434 g/mol. The number of likely N-dealkylation sites (tertiary alicyclic amines) is 1. The van der Waals surface area contributed by atoms with Crippen LogP contribution in [0.5, 0.6) is 0 Å². The van der Waals surface area contributed by atoms with E-state index in [-0.39, 0.29) is 17.9 Å². The number of piperidine rings is 1. The largest absolute Gasteiger partial charge is 0.324 e. The number of para-hydroxylation sites is 1. The van der Waals surface area contributed by atoms with E-state index in [0.29, 0.717) is 34.5 Å². The first-order valence-corrected chi connectivity index (χ1v) is 11.2. The van der Waals surface area contributed by atoms with Crippen molar-refractivity contribution in [3.8, 4) is 0 Å². The van der Waals surface area contributed by atoms with Crippen molar-refractivity contribution in [2.24, 2.45) is 0 Å². The zero-order chi connectivity index (χ0) is 21.8. The van der Waals surface area contributed by atoms with Crippen LogP contribution in [0.3, 0.4) is 0 Å². The lowest BCUT2D eigenvalue weighted by Crippen LogP contribution is -2.41. The van der Waals surface area contributed by atoms with Crippen molar-refractivity contribution in [3.05, 3.63) is 69.1 Å². The first kappa shape index (κ1) is 21.3. The SMILES string of the molecule is Cc1ccc(Cl)cc1NC(=O)N1CCCC(c2nnc(C(=O)Nc3ccccc3)s2)C1. The summed E-state index contributed by atoms with van der Waals surface area (Å²) in [5.41, 5.74) is 2.36. The highest BCUT2D eigenvalue weighted by molar-refractivity contribution is 7.13. The van der Waals surface area contributed by atoms with Crippen LogP contribution in [-0.4, -0.2) is 40.1 Å². The van der Waals surface area contributed by atoms with E-state index in [0.717, 1.165) is 23.4 Å².